The number of hydrogen-bond acceptors (Lipinski definition) is 4. The van der Waals surface area contributed by atoms with Gasteiger partial charge in [0.1, 0.15) is 0 Å². The molecule has 1 aromatic heterocycles. The lowest BCUT2D eigenvalue weighted by Crippen LogP contribution is -2.19. The smallest absolute Gasteiger partial charge is 0.295 e. The fourth-order valence-corrected chi connectivity index (χ4v) is 4.36. The molecule has 0 radical (unpaired) electrons. The number of imidazole rings is 1. The van der Waals surface area contributed by atoms with Crippen molar-refractivity contribution in [3.05, 3.63) is 51.9 Å². The Balaban J connectivity index is 2.23. The summed E-state index contributed by atoms with van der Waals surface area (Å²) in [5.74, 6) is 0. The van der Waals surface area contributed by atoms with E-state index in [9.17, 15) is 13.2 Å². The summed E-state index contributed by atoms with van der Waals surface area (Å²) >= 11 is 7.56. The van der Waals surface area contributed by atoms with E-state index in [2.05, 4.69) is 4.72 Å². The topological polar surface area (TPSA) is 73.1 Å². The van der Waals surface area contributed by atoms with Crippen molar-refractivity contribution in [3.8, 4) is 0 Å². The molecule has 0 atom stereocenters. The lowest BCUT2D eigenvalue weighted by Gasteiger charge is -2.12. The van der Waals surface area contributed by atoms with Crippen LogP contribution in [0, 0.1) is 0 Å². The molecule has 0 amide bonds. The van der Waals surface area contributed by atoms with Gasteiger partial charge in [0.2, 0.25) is 10.0 Å². The van der Waals surface area contributed by atoms with E-state index in [4.69, 9.17) is 11.6 Å². The maximum atomic E-state index is 12.2. The summed E-state index contributed by atoms with van der Waals surface area (Å²) < 4.78 is 29.0. The van der Waals surface area contributed by atoms with Gasteiger partial charge in [-0.25, -0.2) is 13.2 Å². The van der Waals surface area contributed by atoms with Crippen molar-refractivity contribution in [2.45, 2.75) is 9.79 Å². The number of fused-ring (bicyclic) bond motifs is 1. The fraction of sp³-hybridized carbons (Fsp3) is 0.188. The number of nitrogens with one attached hydrogen (secondary N) is 1. The van der Waals surface area contributed by atoms with Gasteiger partial charge in [-0.15, -0.1) is 0 Å². The van der Waals surface area contributed by atoms with Gasteiger partial charge in [0.25, 0.3) is 0 Å². The number of aromatic nitrogens is 2. The minimum Gasteiger partial charge on any atom is -0.295 e. The predicted octanol–water partition coefficient (Wildman–Crippen LogP) is 3.05. The quantitative estimate of drug-likeness (QED) is 0.734. The number of hydrogen-bond donors (Lipinski definition) is 1. The summed E-state index contributed by atoms with van der Waals surface area (Å²) in [6.45, 7) is 0. The number of sulfonamides is 1. The first-order valence-electron chi connectivity index (χ1n) is 7.27. The minimum absolute atomic E-state index is 0.180. The number of anilines is 1. The van der Waals surface area contributed by atoms with Gasteiger partial charge in [0, 0.05) is 23.9 Å². The third kappa shape index (κ3) is 3.56. The van der Waals surface area contributed by atoms with Crippen molar-refractivity contribution < 1.29 is 8.42 Å². The Kier molecular flexibility index (Phi) is 4.61. The molecule has 25 heavy (non-hydrogen) atoms. The van der Waals surface area contributed by atoms with E-state index in [0.717, 1.165) is 11.2 Å². The van der Waals surface area contributed by atoms with Crippen LogP contribution in [-0.2, 0) is 24.1 Å². The normalized spacial score (nSPS) is 11.8. The lowest BCUT2D eigenvalue weighted by atomic mass is 10.3. The second-order valence-electron chi connectivity index (χ2n) is 5.64. The number of halogens is 1. The van der Waals surface area contributed by atoms with Crippen LogP contribution >= 0.6 is 23.4 Å². The molecule has 0 aliphatic carbocycles. The van der Waals surface area contributed by atoms with Crippen molar-refractivity contribution in [3.63, 3.8) is 0 Å². The van der Waals surface area contributed by atoms with E-state index in [1.807, 2.05) is 18.2 Å². The average molecular weight is 398 g/mol. The second-order valence-corrected chi connectivity index (χ2v) is 8.88. The Morgan fingerprint density at radius 2 is 1.64 bits per heavy atom. The van der Waals surface area contributed by atoms with Gasteiger partial charge in [0.15, 0.2) is 0 Å². The molecule has 3 rings (SSSR count). The SMILES string of the molecule is Cn1c(=O)n(C)c2cc(Sc3ccccc3Cl)c(NS(C)(=O)=O)cc21. The maximum absolute atomic E-state index is 12.2. The van der Waals surface area contributed by atoms with Crippen molar-refractivity contribution in [2.24, 2.45) is 14.1 Å². The Labute approximate surface area is 154 Å². The van der Waals surface area contributed by atoms with Gasteiger partial charge >= 0.3 is 5.69 Å². The van der Waals surface area contributed by atoms with Crippen molar-refractivity contribution in [2.75, 3.05) is 11.0 Å². The molecule has 2 aromatic carbocycles. The molecule has 1 N–H and O–H groups in total. The first-order chi connectivity index (χ1) is 11.7. The Hall–Kier alpha value is -1.90. The molecular weight excluding hydrogens is 382 g/mol. The van der Waals surface area contributed by atoms with E-state index in [1.165, 1.54) is 20.9 Å². The van der Waals surface area contributed by atoms with E-state index < -0.39 is 10.0 Å². The molecule has 6 nitrogen and oxygen atoms in total. The largest absolute Gasteiger partial charge is 0.328 e. The van der Waals surface area contributed by atoms with E-state index in [-0.39, 0.29) is 5.69 Å². The molecule has 0 saturated carbocycles. The summed E-state index contributed by atoms with van der Waals surface area (Å²) in [5, 5.41) is 0.569. The van der Waals surface area contributed by atoms with Gasteiger partial charge in [-0.2, -0.15) is 0 Å². The molecule has 0 aliphatic rings. The molecular formula is C16H16ClN3O3S2. The highest BCUT2D eigenvalue weighted by atomic mass is 35.5. The van der Waals surface area contributed by atoms with Gasteiger partial charge in [0.05, 0.1) is 28.0 Å². The van der Waals surface area contributed by atoms with Gasteiger partial charge in [-0.05, 0) is 24.3 Å². The zero-order chi connectivity index (χ0) is 18.4. The van der Waals surface area contributed by atoms with E-state index in [1.54, 1.807) is 32.3 Å². The van der Waals surface area contributed by atoms with Crippen LogP contribution in [0.5, 0.6) is 0 Å². The number of rotatable bonds is 4. The lowest BCUT2D eigenvalue weighted by molar-refractivity contribution is 0.606. The van der Waals surface area contributed by atoms with Crippen LogP contribution in [0.3, 0.4) is 0 Å². The van der Waals surface area contributed by atoms with Gasteiger partial charge in [-0.3, -0.25) is 13.9 Å². The van der Waals surface area contributed by atoms with Crippen LogP contribution in [0.25, 0.3) is 11.0 Å². The predicted molar refractivity (Wildman–Crippen MR) is 102 cm³/mol. The standard InChI is InChI=1S/C16H16ClN3O3S2/c1-19-12-8-11(18-25(3,22)23)15(9-13(12)20(2)16(19)21)24-14-7-5-4-6-10(14)17/h4-9,18H,1-3H3. The fourth-order valence-electron chi connectivity index (χ4n) is 2.54. The summed E-state index contributed by atoms with van der Waals surface area (Å²) in [5.41, 5.74) is 1.57. The zero-order valence-electron chi connectivity index (χ0n) is 13.8. The number of aryl methyl sites for hydroxylation is 2. The van der Waals surface area contributed by atoms with Crippen LogP contribution in [0.1, 0.15) is 0 Å². The first-order valence-corrected chi connectivity index (χ1v) is 10.4. The average Bonchev–Trinajstić information content (AvgIpc) is 2.73. The first kappa shape index (κ1) is 17.9. The Morgan fingerprint density at radius 1 is 1.04 bits per heavy atom. The summed E-state index contributed by atoms with van der Waals surface area (Å²) in [6.07, 6.45) is 1.09. The third-order valence-corrected chi connectivity index (χ3v) is 5.89. The molecule has 0 spiro atoms. The van der Waals surface area contributed by atoms with Crippen LogP contribution in [0.15, 0.2) is 51.0 Å². The van der Waals surface area contributed by atoms with Crippen molar-refractivity contribution >= 4 is 50.1 Å². The molecule has 1 heterocycles. The second kappa shape index (κ2) is 6.44. The van der Waals surface area contributed by atoms with Gasteiger partial charge in [-0.1, -0.05) is 35.5 Å². The molecule has 0 fully saturated rings. The maximum Gasteiger partial charge on any atom is 0.328 e. The van der Waals surface area contributed by atoms with Crippen LogP contribution in [0.4, 0.5) is 5.69 Å². The van der Waals surface area contributed by atoms with Crippen LogP contribution in [-0.4, -0.2) is 23.8 Å². The van der Waals surface area contributed by atoms with Gasteiger partial charge < -0.3 is 0 Å². The Bertz CT molecular complexity index is 1130. The molecule has 0 bridgehead atoms. The minimum atomic E-state index is -3.48. The summed E-state index contributed by atoms with van der Waals surface area (Å²) in [6, 6.07) is 10.8. The zero-order valence-corrected chi connectivity index (χ0v) is 16.2. The van der Waals surface area contributed by atoms with E-state index >= 15 is 0 Å². The van der Waals surface area contributed by atoms with Crippen LogP contribution < -0.4 is 10.4 Å². The van der Waals surface area contributed by atoms with Crippen molar-refractivity contribution in [1.82, 2.24) is 9.13 Å². The third-order valence-electron chi connectivity index (χ3n) is 3.73. The summed E-state index contributed by atoms with van der Waals surface area (Å²) in [4.78, 5) is 13.6. The number of nitrogens with zero attached hydrogens (tertiary/aromatic N) is 2. The van der Waals surface area contributed by atoms with E-state index in [0.29, 0.717) is 26.6 Å². The van der Waals surface area contributed by atoms with Crippen LogP contribution in [0.2, 0.25) is 5.02 Å². The monoisotopic (exact) mass is 397 g/mol. The molecule has 9 heteroatoms. The van der Waals surface area contributed by atoms with Crippen molar-refractivity contribution in [1.29, 1.82) is 0 Å². The number of benzene rings is 2. The molecule has 3 aromatic rings. The Morgan fingerprint density at radius 3 is 2.24 bits per heavy atom. The summed E-state index contributed by atoms with van der Waals surface area (Å²) in [7, 11) is -0.150. The molecule has 0 saturated heterocycles. The molecule has 0 unspecified atom stereocenters. The molecule has 0 aliphatic heterocycles. The highest BCUT2D eigenvalue weighted by molar-refractivity contribution is 7.99. The highest BCUT2D eigenvalue weighted by Crippen LogP contribution is 2.39. The highest BCUT2D eigenvalue weighted by Gasteiger charge is 2.16. The molecule has 132 valence electrons.